The first kappa shape index (κ1) is 17.0. The molecule has 1 aromatic heterocycles. The summed E-state index contributed by atoms with van der Waals surface area (Å²) in [6, 6.07) is 2.00. The predicted molar refractivity (Wildman–Crippen MR) is 93.3 cm³/mol. The second-order valence-electron chi connectivity index (χ2n) is 6.57. The quantitative estimate of drug-likeness (QED) is 0.824. The van der Waals surface area contributed by atoms with E-state index in [4.69, 9.17) is 4.74 Å². The molecule has 1 aromatic rings. The molecule has 0 saturated carbocycles. The highest BCUT2D eigenvalue weighted by molar-refractivity contribution is 5.82. The molecule has 0 radical (unpaired) electrons. The summed E-state index contributed by atoms with van der Waals surface area (Å²) >= 11 is 0. The fraction of sp³-hybridized carbons (Fsp3) is 0.706. The zero-order valence-corrected chi connectivity index (χ0v) is 14.8. The first-order valence-electron chi connectivity index (χ1n) is 8.82. The number of amides is 1. The van der Waals surface area contributed by atoms with Gasteiger partial charge in [0.05, 0.1) is 18.8 Å². The minimum absolute atomic E-state index is 0.130. The third-order valence-electron chi connectivity index (χ3n) is 4.89. The zero-order chi connectivity index (χ0) is 17.1. The Morgan fingerprint density at radius 1 is 1.08 bits per heavy atom. The number of hydrogen-bond acceptors (Lipinski definition) is 6. The zero-order valence-electron chi connectivity index (χ0n) is 14.8. The topological polar surface area (TPSA) is 61.8 Å². The van der Waals surface area contributed by atoms with Crippen molar-refractivity contribution >= 4 is 17.5 Å². The van der Waals surface area contributed by atoms with Crippen molar-refractivity contribution < 1.29 is 9.53 Å². The van der Waals surface area contributed by atoms with Crippen molar-refractivity contribution in [3.05, 3.63) is 12.4 Å². The van der Waals surface area contributed by atoms with Gasteiger partial charge in [0, 0.05) is 39.3 Å². The highest BCUT2D eigenvalue weighted by atomic mass is 16.5. The molecule has 0 aromatic carbocycles. The molecule has 24 heavy (non-hydrogen) atoms. The minimum atomic E-state index is 0.130. The Balaban J connectivity index is 1.76. The van der Waals surface area contributed by atoms with Crippen LogP contribution in [0.25, 0.3) is 0 Å². The summed E-state index contributed by atoms with van der Waals surface area (Å²) in [5.74, 6) is 1.88. The lowest BCUT2D eigenvalue weighted by atomic mass is 10.1. The first-order valence-corrected chi connectivity index (χ1v) is 8.82. The Hall–Kier alpha value is -1.89. The van der Waals surface area contributed by atoms with Crippen molar-refractivity contribution in [3.8, 4) is 0 Å². The van der Waals surface area contributed by atoms with Crippen molar-refractivity contribution in [3.63, 3.8) is 0 Å². The molecule has 2 unspecified atom stereocenters. The molecule has 2 aliphatic rings. The third-order valence-corrected chi connectivity index (χ3v) is 4.89. The van der Waals surface area contributed by atoms with Gasteiger partial charge in [-0.15, -0.1) is 0 Å². The number of carbonyl (C=O) groups is 1. The highest BCUT2D eigenvalue weighted by Gasteiger charge is 2.28. The number of ether oxygens (including phenoxy) is 1. The van der Waals surface area contributed by atoms with E-state index < -0.39 is 0 Å². The Kier molecular flexibility index (Phi) is 5.18. The van der Waals surface area contributed by atoms with Crippen LogP contribution >= 0.6 is 0 Å². The van der Waals surface area contributed by atoms with Crippen LogP contribution in [0.15, 0.2) is 12.4 Å². The predicted octanol–water partition coefficient (Wildman–Crippen LogP) is 1.15. The molecule has 0 bridgehead atoms. The van der Waals surface area contributed by atoms with Gasteiger partial charge in [0.2, 0.25) is 5.91 Å². The van der Waals surface area contributed by atoms with Crippen molar-refractivity contribution in [1.82, 2.24) is 14.9 Å². The summed E-state index contributed by atoms with van der Waals surface area (Å²) in [6.07, 6.45) is 4.08. The standard InChI is InChI=1S/C17H27N5O2/c1-4-13-9-22(10-14(5-2)24-13)16-8-15(18-12-19-16)21-7-6-20(3)17(23)11-21/h8,12-14H,4-7,9-11H2,1-3H3. The summed E-state index contributed by atoms with van der Waals surface area (Å²) in [6.45, 7) is 7.92. The lowest BCUT2D eigenvalue weighted by molar-refractivity contribution is -0.129. The molecular formula is C17H27N5O2. The molecule has 3 rings (SSSR count). The van der Waals surface area contributed by atoms with Gasteiger partial charge in [0.25, 0.3) is 0 Å². The summed E-state index contributed by atoms with van der Waals surface area (Å²) in [4.78, 5) is 26.9. The van der Waals surface area contributed by atoms with Crippen LogP contribution in [0.2, 0.25) is 0 Å². The molecule has 1 amide bonds. The smallest absolute Gasteiger partial charge is 0.241 e. The number of nitrogens with zero attached hydrogens (tertiary/aromatic N) is 5. The van der Waals surface area contributed by atoms with Gasteiger partial charge in [0.15, 0.2) is 0 Å². The van der Waals surface area contributed by atoms with E-state index in [1.54, 1.807) is 11.2 Å². The largest absolute Gasteiger partial charge is 0.371 e. The molecule has 0 aliphatic carbocycles. The Morgan fingerprint density at radius 2 is 1.71 bits per heavy atom. The molecule has 2 fully saturated rings. The maximum Gasteiger partial charge on any atom is 0.241 e. The van der Waals surface area contributed by atoms with Crippen molar-refractivity contribution in [1.29, 1.82) is 0 Å². The van der Waals surface area contributed by atoms with E-state index in [9.17, 15) is 4.79 Å². The van der Waals surface area contributed by atoms with E-state index in [0.717, 1.165) is 50.7 Å². The van der Waals surface area contributed by atoms with E-state index in [0.29, 0.717) is 6.54 Å². The summed E-state index contributed by atoms with van der Waals surface area (Å²) in [7, 11) is 1.84. The molecule has 7 heteroatoms. The average molecular weight is 333 g/mol. The van der Waals surface area contributed by atoms with Crippen LogP contribution in [0, 0.1) is 0 Å². The summed E-state index contributed by atoms with van der Waals surface area (Å²) in [5.41, 5.74) is 0. The fourth-order valence-electron chi connectivity index (χ4n) is 3.20. The molecule has 0 N–H and O–H groups in total. The molecule has 2 saturated heterocycles. The third kappa shape index (κ3) is 3.61. The molecule has 132 valence electrons. The van der Waals surface area contributed by atoms with Gasteiger partial charge in [-0.3, -0.25) is 4.79 Å². The lowest BCUT2D eigenvalue weighted by Gasteiger charge is -2.38. The summed E-state index contributed by atoms with van der Waals surface area (Å²) in [5, 5.41) is 0. The van der Waals surface area contributed by atoms with Crippen molar-refractivity contribution in [2.24, 2.45) is 0 Å². The Bertz CT molecular complexity index is 570. The number of anilines is 2. The normalized spacial score (nSPS) is 25.3. The molecule has 3 heterocycles. The van der Waals surface area contributed by atoms with Crippen LogP contribution in [0.1, 0.15) is 26.7 Å². The molecule has 2 atom stereocenters. The molecular weight excluding hydrogens is 306 g/mol. The maximum atomic E-state index is 11.9. The van der Waals surface area contributed by atoms with Gasteiger partial charge >= 0.3 is 0 Å². The van der Waals surface area contributed by atoms with Crippen molar-refractivity contribution in [2.45, 2.75) is 38.9 Å². The van der Waals surface area contributed by atoms with E-state index in [-0.39, 0.29) is 18.1 Å². The molecule has 0 spiro atoms. The fourth-order valence-corrected chi connectivity index (χ4v) is 3.20. The highest BCUT2D eigenvalue weighted by Crippen LogP contribution is 2.24. The van der Waals surface area contributed by atoms with Crippen molar-refractivity contribution in [2.75, 3.05) is 49.6 Å². The SMILES string of the molecule is CCC1CN(c2cc(N3CCN(C)C(=O)C3)ncn2)CC(CC)O1. The van der Waals surface area contributed by atoms with Crippen LogP contribution in [-0.2, 0) is 9.53 Å². The van der Waals surface area contributed by atoms with Gasteiger partial charge < -0.3 is 19.4 Å². The maximum absolute atomic E-state index is 11.9. The van der Waals surface area contributed by atoms with Gasteiger partial charge in [-0.2, -0.15) is 0 Å². The average Bonchev–Trinajstić information content (AvgIpc) is 2.63. The minimum Gasteiger partial charge on any atom is -0.371 e. The number of rotatable bonds is 4. The van der Waals surface area contributed by atoms with Crippen LogP contribution in [0.3, 0.4) is 0 Å². The van der Waals surface area contributed by atoms with Crippen LogP contribution in [0.4, 0.5) is 11.6 Å². The lowest BCUT2D eigenvalue weighted by Crippen LogP contribution is -2.49. The first-order chi connectivity index (χ1) is 11.6. The van der Waals surface area contributed by atoms with E-state index in [1.807, 2.05) is 18.0 Å². The van der Waals surface area contributed by atoms with Gasteiger partial charge in [-0.25, -0.2) is 9.97 Å². The van der Waals surface area contributed by atoms with Crippen LogP contribution < -0.4 is 9.80 Å². The van der Waals surface area contributed by atoms with Crippen LogP contribution in [-0.4, -0.2) is 72.8 Å². The van der Waals surface area contributed by atoms with Gasteiger partial charge in [0.1, 0.15) is 18.0 Å². The van der Waals surface area contributed by atoms with E-state index >= 15 is 0 Å². The number of carbonyl (C=O) groups excluding carboxylic acids is 1. The number of hydrogen-bond donors (Lipinski definition) is 0. The number of likely N-dealkylation sites (N-methyl/N-ethyl adjacent to an activating group) is 1. The van der Waals surface area contributed by atoms with Gasteiger partial charge in [-0.1, -0.05) is 13.8 Å². The molecule has 2 aliphatic heterocycles. The number of aromatic nitrogens is 2. The molecule has 7 nitrogen and oxygen atoms in total. The van der Waals surface area contributed by atoms with E-state index in [1.165, 1.54) is 0 Å². The Labute approximate surface area is 143 Å². The summed E-state index contributed by atoms with van der Waals surface area (Å²) < 4.78 is 6.06. The monoisotopic (exact) mass is 333 g/mol. The van der Waals surface area contributed by atoms with Crippen LogP contribution in [0.5, 0.6) is 0 Å². The second-order valence-corrected chi connectivity index (χ2v) is 6.57. The van der Waals surface area contributed by atoms with E-state index in [2.05, 4.69) is 28.7 Å². The number of piperazine rings is 1. The number of morpholine rings is 1. The second kappa shape index (κ2) is 7.34. The van der Waals surface area contributed by atoms with Gasteiger partial charge in [-0.05, 0) is 12.8 Å². The Morgan fingerprint density at radius 3 is 2.29 bits per heavy atom.